The predicted octanol–water partition coefficient (Wildman–Crippen LogP) is 1.32. The summed E-state index contributed by atoms with van der Waals surface area (Å²) in [5.41, 5.74) is 1.11. The lowest BCUT2D eigenvalue weighted by Gasteiger charge is -2.17. The predicted molar refractivity (Wildman–Crippen MR) is 70.6 cm³/mol. The Morgan fingerprint density at radius 3 is 2.89 bits per heavy atom. The van der Waals surface area contributed by atoms with Crippen LogP contribution in [0.3, 0.4) is 0 Å². The molecule has 0 aromatic carbocycles. The SMILES string of the molecule is CNC(=O)CN(C)c1nccc(C2CCCC2)n1. The van der Waals surface area contributed by atoms with Crippen LogP contribution in [0.5, 0.6) is 0 Å². The smallest absolute Gasteiger partial charge is 0.239 e. The first-order valence-corrected chi connectivity index (χ1v) is 6.45. The van der Waals surface area contributed by atoms with Crippen molar-refractivity contribution in [2.45, 2.75) is 31.6 Å². The van der Waals surface area contributed by atoms with E-state index in [9.17, 15) is 4.79 Å². The summed E-state index contributed by atoms with van der Waals surface area (Å²) in [4.78, 5) is 21.9. The number of aromatic nitrogens is 2. The minimum atomic E-state index is -0.0348. The van der Waals surface area contributed by atoms with Gasteiger partial charge in [0.05, 0.1) is 6.54 Å². The lowest BCUT2D eigenvalue weighted by Crippen LogP contribution is -2.34. The largest absolute Gasteiger partial charge is 0.358 e. The molecular weight excluding hydrogens is 228 g/mol. The van der Waals surface area contributed by atoms with Gasteiger partial charge in [-0.25, -0.2) is 9.97 Å². The van der Waals surface area contributed by atoms with Gasteiger partial charge < -0.3 is 10.2 Å². The van der Waals surface area contributed by atoms with Gasteiger partial charge in [0.25, 0.3) is 0 Å². The van der Waals surface area contributed by atoms with Crippen LogP contribution in [0, 0.1) is 0 Å². The van der Waals surface area contributed by atoms with E-state index in [1.807, 2.05) is 13.1 Å². The number of carbonyl (C=O) groups excluding carboxylic acids is 1. The summed E-state index contributed by atoms with van der Waals surface area (Å²) < 4.78 is 0. The molecule has 98 valence electrons. The molecule has 1 aromatic rings. The van der Waals surface area contributed by atoms with Crippen molar-refractivity contribution in [3.05, 3.63) is 18.0 Å². The lowest BCUT2D eigenvalue weighted by molar-refractivity contribution is -0.119. The highest BCUT2D eigenvalue weighted by molar-refractivity contribution is 5.80. The van der Waals surface area contributed by atoms with Crippen molar-refractivity contribution in [2.75, 3.05) is 25.5 Å². The lowest BCUT2D eigenvalue weighted by atomic mass is 10.0. The van der Waals surface area contributed by atoms with Crippen molar-refractivity contribution in [3.8, 4) is 0 Å². The molecule has 18 heavy (non-hydrogen) atoms. The number of rotatable bonds is 4. The number of hydrogen-bond acceptors (Lipinski definition) is 4. The summed E-state index contributed by atoms with van der Waals surface area (Å²) in [6.07, 6.45) is 6.80. The molecule has 1 N–H and O–H groups in total. The molecule has 0 atom stereocenters. The number of hydrogen-bond donors (Lipinski definition) is 1. The van der Waals surface area contributed by atoms with Gasteiger partial charge in [-0.05, 0) is 18.9 Å². The first-order valence-electron chi connectivity index (χ1n) is 6.45. The van der Waals surface area contributed by atoms with E-state index in [0.29, 0.717) is 11.9 Å². The topological polar surface area (TPSA) is 58.1 Å². The van der Waals surface area contributed by atoms with Crippen LogP contribution in [0.2, 0.25) is 0 Å². The van der Waals surface area contributed by atoms with Crippen molar-refractivity contribution in [3.63, 3.8) is 0 Å². The zero-order valence-electron chi connectivity index (χ0n) is 11.0. The molecule has 1 fully saturated rings. The second kappa shape index (κ2) is 5.80. The monoisotopic (exact) mass is 248 g/mol. The van der Waals surface area contributed by atoms with Gasteiger partial charge in [-0.2, -0.15) is 0 Å². The van der Waals surface area contributed by atoms with Crippen molar-refractivity contribution < 1.29 is 4.79 Å². The van der Waals surface area contributed by atoms with Gasteiger partial charge in [0.1, 0.15) is 0 Å². The Hall–Kier alpha value is -1.65. The maximum absolute atomic E-state index is 11.3. The summed E-state index contributed by atoms with van der Waals surface area (Å²) in [6, 6.07) is 1.99. The minimum Gasteiger partial charge on any atom is -0.358 e. The van der Waals surface area contributed by atoms with Crippen LogP contribution in [0.15, 0.2) is 12.3 Å². The molecule has 1 saturated carbocycles. The van der Waals surface area contributed by atoms with Gasteiger partial charge in [0.15, 0.2) is 0 Å². The van der Waals surface area contributed by atoms with Crippen molar-refractivity contribution >= 4 is 11.9 Å². The van der Waals surface area contributed by atoms with Crippen LogP contribution in [0.1, 0.15) is 37.3 Å². The van der Waals surface area contributed by atoms with Crippen molar-refractivity contribution in [1.29, 1.82) is 0 Å². The van der Waals surface area contributed by atoms with Gasteiger partial charge in [0.2, 0.25) is 11.9 Å². The number of nitrogens with one attached hydrogen (secondary N) is 1. The van der Waals surface area contributed by atoms with E-state index >= 15 is 0 Å². The quantitative estimate of drug-likeness (QED) is 0.873. The molecule has 5 nitrogen and oxygen atoms in total. The van der Waals surface area contributed by atoms with E-state index in [-0.39, 0.29) is 12.5 Å². The third-order valence-corrected chi connectivity index (χ3v) is 3.44. The van der Waals surface area contributed by atoms with E-state index in [1.54, 1.807) is 18.1 Å². The number of amides is 1. The van der Waals surface area contributed by atoms with Crippen LogP contribution >= 0.6 is 0 Å². The minimum absolute atomic E-state index is 0.0348. The van der Waals surface area contributed by atoms with Gasteiger partial charge in [-0.1, -0.05) is 12.8 Å². The van der Waals surface area contributed by atoms with E-state index in [1.165, 1.54) is 25.7 Å². The molecule has 1 amide bonds. The first kappa shape index (κ1) is 12.8. The molecule has 0 bridgehead atoms. The Bertz CT molecular complexity index is 415. The average molecular weight is 248 g/mol. The Balaban J connectivity index is 2.08. The van der Waals surface area contributed by atoms with Gasteiger partial charge in [-0.3, -0.25) is 4.79 Å². The second-order valence-electron chi connectivity index (χ2n) is 4.79. The summed E-state index contributed by atoms with van der Waals surface area (Å²) in [6.45, 7) is 0.282. The molecule has 1 heterocycles. The summed E-state index contributed by atoms with van der Waals surface area (Å²) in [5, 5.41) is 2.60. The summed E-state index contributed by atoms with van der Waals surface area (Å²) >= 11 is 0. The summed E-state index contributed by atoms with van der Waals surface area (Å²) in [5.74, 6) is 1.16. The average Bonchev–Trinajstić information content (AvgIpc) is 2.92. The Kier molecular flexibility index (Phi) is 4.12. The molecule has 1 aliphatic carbocycles. The number of anilines is 1. The molecule has 5 heteroatoms. The van der Waals surface area contributed by atoms with Crippen LogP contribution in [0.25, 0.3) is 0 Å². The third-order valence-electron chi connectivity index (χ3n) is 3.44. The van der Waals surface area contributed by atoms with Crippen molar-refractivity contribution in [1.82, 2.24) is 15.3 Å². The fraction of sp³-hybridized carbons (Fsp3) is 0.615. The molecule has 0 unspecified atom stereocenters. The molecule has 1 aromatic heterocycles. The van der Waals surface area contributed by atoms with Gasteiger partial charge in [0, 0.05) is 31.9 Å². The van der Waals surface area contributed by atoms with E-state index in [4.69, 9.17) is 0 Å². The van der Waals surface area contributed by atoms with Crippen LogP contribution < -0.4 is 10.2 Å². The van der Waals surface area contributed by atoms with Crippen LogP contribution in [-0.4, -0.2) is 36.5 Å². The highest BCUT2D eigenvalue weighted by atomic mass is 16.1. The Morgan fingerprint density at radius 1 is 1.50 bits per heavy atom. The molecule has 1 aliphatic rings. The first-order chi connectivity index (χ1) is 8.70. The molecule has 0 saturated heterocycles. The maximum atomic E-state index is 11.3. The molecule has 0 aliphatic heterocycles. The fourth-order valence-electron chi connectivity index (χ4n) is 2.36. The number of nitrogens with zero attached hydrogens (tertiary/aromatic N) is 3. The third kappa shape index (κ3) is 2.97. The van der Waals surface area contributed by atoms with Crippen LogP contribution in [0.4, 0.5) is 5.95 Å². The zero-order valence-corrected chi connectivity index (χ0v) is 11.0. The molecule has 0 spiro atoms. The Morgan fingerprint density at radius 2 is 2.22 bits per heavy atom. The summed E-state index contributed by atoms with van der Waals surface area (Å²) in [7, 11) is 3.47. The molecule has 0 radical (unpaired) electrons. The normalized spacial score (nSPS) is 15.7. The standard InChI is InChI=1S/C13H20N4O/c1-14-12(18)9-17(2)13-15-8-7-11(16-13)10-5-3-4-6-10/h7-8,10H,3-6,9H2,1-2H3,(H,14,18). The number of carbonyl (C=O) groups is 1. The van der Waals surface area contributed by atoms with E-state index in [2.05, 4.69) is 15.3 Å². The Labute approximate surface area is 108 Å². The van der Waals surface area contributed by atoms with Gasteiger partial charge >= 0.3 is 0 Å². The maximum Gasteiger partial charge on any atom is 0.239 e. The molecular formula is C13H20N4O. The van der Waals surface area contributed by atoms with Gasteiger partial charge in [-0.15, -0.1) is 0 Å². The fourth-order valence-corrected chi connectivity index (χ4v) is 2.36. The van der Waals surface area contributed by atoms with E-state index in [0.717, 1.165) is 5.69 Å². The van der Waals surface area contributed by atoms with E-state index < -0.39 is 0 Å². The second-order valence-corrected chi connectivity index (χ2v) is 4.79. The van der Waals surface area contributed by atoms with Crippen LogP contribution in [-0.2, 0) is 4.79 Å². The highest BCUT2D eigenvalue weighted by Crippen LogP contribution is 2.33. The zero-order chi connectivity index (χ0) is 13.0. The van der Waals surface area contributed by atoms with Crippen molar-refractivity contribution in [2.24, 2.45) is 0 Å². The molecule has 2 rings (SSSR count). The number of likely N-dealkylation sites (N-methyl/N-ethyl adjacent to an activating group) is 2. The highest BCUT2D eigenvalue weighted by Gasteiger charge is 2.19.